The Morgan fingerprint density at radius 1 is 1.17 bits per heavy atom. The summed E-state index contributed by atoms with van der Waals surface area (Å²) >= 11 is 0. The van der Waals surface area contributed by atoms with Crippen LogP contribution in [0.5, 0.6) is 0 Å². The Morgan fingerprint density at radius 2 is 1.92 bits per heavy atom. The molecule has 0 radical (unpaired) electrons. The molecule has 2 saturated heterocycles. The molecule has 6 heteroatoms. The van der Waals surface area contributed by atoms with Crippen molar-refractivity contribution in [1.29, 1.82) is 0 Å². The van der Waals surface area contributed by atoms with Gasteiger partial charge >= 0.3 is 0 Å². The van der Waals surface area contributed by atoms with Gasteiger partial charge in [-0.15, -0.1) is 0 Å². The minimum atomic E-state index is 0.646. The topological polar surface area (TPSA) is 49.3 Å². The fourth-order valence-electron chi connectivity index (χ4n) is 3.65. The number of hydrogen-bond donors (Lipinski definition) is 1. The lowest BCUT2D eigenvalue weighted by Crippen LogP contribution is -2.44. The Kier molecular flexibility index (Phi) is 8.84. The van der Waals surface area contributed by atoms with Crippen molar-refractivity contribution in [3.05, 3.63) is 0 Å². The molecule has 2 aliphatic heterocycles. The van der Waals surface area contributed by atoms with Gasteiger partial charge in [0.05, 0.1) is 13.2 Å². The van der Waals surface area contributed by atoms with E-state index in [-0.39, 0.29) is 0 Å². The summed E-state index contributed by atoms with van der Waals surface area (Å²) in [6.45, 7) is 11.2. The predicted octanol–water partition coefficient (Wildman–Crippen LogP) is 1.28. The largest absolute Gasteiger partial charge is 0.383 e. The number of rotatable bonds is 8. The molecule has 2 heterocycles. The van der Waals surface area contributed by atoms with Crippen LogP contribution in [0, 0.1) is 11.8 Å². The van der Waals surface area contributed by atoms with Crippen LogP contribution in [0.25, 0.3) is 0 Å². The van der Waals surface area contributed by atoms with E-state index in [1.54, 1.807) is 7.11 Å². The summed E-state index contributed by atoms with van der Waals surface area (Å²) in [5, 5.41) is 3.61. The molecule has 24 heavy (non-hydrogen) atoms. The lowest BCUT2D eigenvalue weighted by atomic mass is 9.97. The van der Waals surface area contributed by atoms with Crippen molar-refractivity contribution in [3.8, 4) is 0 Å². The smallest absolute Gasteiger partial charge is 0.193 e. The lowest BCUT2D eigenvalue weighted by molar-refractivity contribution is 0.114. The van der Waals surface area contributed by atoms with Gasteiger partial charge in [0.15, 0.2) is 5.96 Å². The van der Waals surface area contributed by atoms with E-state index in [9.17, 15) is 0 Å². The van der Waals surface area contributed by atoms with E-state index in [1.807, 2.05) is 7.05 Å². The Labute approximate surface area is 147 Å². The highest BCUT2D eigenvalue weighted by Crippen LogP contribution is 2.18. The van der Waals surface area contributed by atoms with E-state index in [0.717, 1.165) is 57.9 Å². The Bertz CT molecular complexity index is 370. The summed E-state index contributed by atoms with van der Waals surface area (Å²) in [7, 11) is 3.67. The summed E-state index contributed by atoms with van der Waals surface area (Å²) in [5.74, 6) is 2.46. The van der Waals surface area contributed by atoms with Crippen molar-refractivity contribution in [2.24, 2.45) is 16.8 Å². The van der Waals surface area contributed by atoms with Gasteiger partial charge in [-0.3, -0.25) is 4.99 Å². The first-order valence-corrected chi connectivity index (χ1v) is 9.51. The van der Waals surface area contributed by atoms with Crippen LogP contribution in [-0.4, -0.2) is 89.0 Å². The molecule has 2 fully saturated rings. The summed E-state index contributed by atoms with van der Waals surface area (Å²) < 4.78 is 10.7. The average Bonchev–Trinajstić information content (AvgIpc) is 3.08. The van der Waals surface area contributed by atoms with Gasteiger partial charge in [0.2, 0.25) is 0 Å². The molecular weight excluding hydrogens is 304 g/mol. The molecule has 0 saturated carbocycles. The minimum Gasteiger partial charge on any atom is -0.383 e. The van der Waals surface area contributed by atoms with Gasteiger partial charge in [0, 0.05) is 52.9 Å². The number of guanidine groups is 1. The zero-order valence-corrected chi connectivity index (χ0v) is 15.8. The number of piperidine rings is 1. The molecule has 2 aliphatic rings. The van der Waals surface area contributed by atoms with Gasteiger partial charge < -0.3 is 24.6 Å². The van der Waals surface area contributed by atoms with Crippen LogP contribution in [0.1, 0.15) is 26.2 Å². The van der Waals surface area contributed by atoms with Crippen LogP contribution < -0.4 is 5.32 Å². The molecule has 0 aromatic heterocycles. The number of aliphatic imine (C=N–C) groups is 1. The fraction of sp³-hybridized carbons (Fsp3) is 0.944. The maximum Gasteiger partial charge on any atom is 0.193 e. The summed E-state index contributed by atoms with van der Waals surface area (Å²) in [4.78, 5) is 9.38. The molecular formula is C18H36N4O2. The molecule has 1 atom stereocenters. The van der Waals surface area contributed by atoms with Crippen molar-refractivity contribution in [2.45, 2.75) is 26.2 Å². The highest BCUT2D eigenvalue weighted by Gasteiger charge is 2.26. The van der Waals surface area contributed by atoms with Crippen molar-refractivity contribution in [2.75, 3.05) is 73.2 Å². The second-order valence-electron chi connectivity index (χ2n) is 6.97. The molecule has 140 valence electrons. The van der Waals surface area contributed by atoms with Gasteiger partial charge in [-0.25, -0.2) is 0 Å². The van der Waals surface area contributed by atoms with Crippen LogP contribution in [0.2, 0.25) is 0 Å². The number of hydrogen-bond acceptors (Lipinski definition) is 4. The third-order valence-corrected chi connectivity index (χ3v) is 5.22. The van der Waals surface area contributed by atoms with E-state index >= 15 is 0 Å². The molecule has 1 unspecified atom stereocenters. The first-order valence-electron chi connectivity index (χ1n) is 9.51. The van der Waals surface area contributed by atoms with E-state index in [1.165, 1.54) is 32.4 Å². The van der Waals surface area contributed by atoms with Crippen molar-refractivity contribution in [3.63, 3.8) is 0 Å². The quantitative estimate of drug-likeness (QED) is 0.533. The summed E-state index contributed by atoms with van der Waals surface area (Å²) in [5.41, 5.74) is 0. The number of ether oxygens (including phenoxy) is 2. The zero-order chi connectivity index (χ0) is 17.2. The normalized spacial score (nSPS) is 23.9. The number of nitrogens with zero attached hydrogens (tertiary/aromatic N) is 3. The number of likely N-dealkylation sites (tertiary alicyclic amines) is 2. The van der Waals surface area contributed by atoms with Crippen LogP contribution in [0.4, 0.5) is 0 Å². The van der Waals surface area contributed by atoms with E-state index < -0.39 is 0 Å². The Balaban J connectivity index is 1.66. The van der Waals surface area contributed by atoms with E-state index in [4.69, 9.17) is 9.47 Å². The molecule has 0 aliphatic carbocycles. The third kappa shape index (κ3) is 6.22. The SMILES string of the molecule is CCOCC1CCN(C(=NC)NCC2CCN(CCOC)CC2)C1. The molecule has 6 nitrogen and oxygen atoms in total. The predicted molar refractivity (Wildman–Crippen MR) is 98.6 cm³/mol. The standard InChI is InChI=1S/C18H36N4O2/c1-4-24-15-17-7-10-22(14-17)18(19-2)20-13-16-5-8-21(9-6-16)11-12-23-3/h16-17H,4-15H2,1-3H3,(H,19,20). The highest BCUT2D eigenvalue weighted by atomic mass is 16.5. The summed E-state index contributed by atoms with van der Waals surface area (Å²) in [6, 6.07) is 0. The first-order chi connectivity index (χ1) is 11.8. The molecule has 0 amide bonds. The van der Waals surface area contributed by atoms with Gasteiger partial charge in [-0.05, 0) is 45.2 Å². The molecule has 0 aromatic carbocycles. The maximum absolute atomic E-state index is 5.57. The van der Waals surface area contributed by atoms with Crippen LogP contribution >= 0.6 is 0 Å². The summed E-state index contributed by atoms with van der Waals surface area (Å²) in [6.07, 6.45) is 3.74. The second-order valence-corrected chi connectivity index (χ2v) is 6.97. The van der Waals surface area contributed by atoms with Crippen LogP contribution in [-0.2, 0) is 9.47 Å². The van der Waals surface area contributed by atoms with Gasteiger partial charge in [0.1, 0.15) is 0 Å². The second kappa shape index (κ2) is 10.9. The Hall–Kier alpha value is -0.850. The zero-order valence-electron chi connectivity index (χ0n) is 15.8. The van der Waals surface area contributed by atoms with E-state index in [2.05, 4.69) is 27.0 Å². The highest BCUT2D eigenvalue weighted by molar-refractivity contribution is 5.80. The molecule has 2 rings (SSSR count). The fourth-order valence-corrected chi connectivity index (χ4v) is 3.65. The molecule has 0 bridgehead atoms. The van der Waals surface area contributed by atoms with Gasteiger partial charge in [-0.1, -0.05) is 0 Å². The molecule has 0 spiro atoms. The van der Waals surface area contributed by atoms with E-state index in [0.29, 0.717) is 5.92 Å². The van der Waals surface area contributed by atoms with Crippen LogP contribution in [0.15, 0.2) is 4.99 Å². The molecule has 1 N–H and O–H groups in total. The monoisotopic (exact) mass is 340 g/mol. The maximum atomic E-state index is 5.57. The van der Waals surface area contributed by atoms with Crippen molar-refractivity contribution < 1.29 is 9.47 Å². The van der Waals surface area contributed by atoms with Crippen molar-refractivity contribution >= 4 is 5.96 Å². The minimum absolute atomic E-state index is 0.646. The number of nitrogens with one attached hydrogen (secondary N) is 1. The average molecular weight is 341 g/mol. The Morgan fingerprint density at radius 3 is 2.58 bits per heavy atom. The number of methoxy groups -OCH3 is 1. The van der Waals surface area contributed by atoms with Gasteiger partial charge in [0.25, 0.3) is 0 Å². The van der Waals surface area contributed by atoms with Crippen molar-refractivity contribution in [1.82, 2.24) is 15.1 Å². The first kappa shape index (κ1) is 19.5. The van der Waals surface area contributed by atoms with Crippen LogP contribution in [0.3, 0.4) is 0 Å². The lowest BCUT2D eigenvalue weighted by Gasteiger charge is -2.32. The van der Waals surface area contributed by atoms with Gasteiger partial charge in [-0.2, -0.15) is 0 Å². The third-order valence-electron chi connectivity index (χ3n) is 5.22. The molecule has 0 aromatic rings.